The fraction of sp³-hybridized carbons (Fsp3) is 0.333. The van der Waals surface area contributed by atoms with Gasteiger partial charge in [-0.15, -0.1) is 0 Å². The Morgan fingerprint density at radius 1 is 1.15 bits per heavy atom. The first-order chi connectivity index (χ1) is 12.5. The van der Waals surface area contributed by atoms with E-state index < -0.39 is 0 Å². The maximum Gasteiger partial charge on any atom is 0.229 e. The van der Waals surface area contributed by atoms with Gasteiger partial charge in [-0.1, -0.05) is 26.0 Å². The maximum atomic E-state index is 12.3. The summed E-state index contributed by atoms with van der Waals surface area (Å²) >= 11 is 0. The zero-order valence-corrected chi connectivity index (χ0v) is 15.4. The van der Waals surface area contributed by atoms with E-state index in [1.807, 2.05) is 61.2 Å². The molecule has 2 aromatic rings. The standard InChI is InChI=1S/C21H24N2O3/c1-14(2)21(25)23-11-10-16-13-17(6-9-19(16)23)22-20(24)12-15-4-7-18(26-3)8-5-15/h4-9,13-14H,10-12H2,1-3H3,(H,22,24). The molecule has 0 fully saturated rings. The summed E-state index contributed by atoms with van der Waals surface area (Å²) in [7, 11) is 1.62. The predicted octanol–water partition coefficient (Wildman–Crippen LogP) is 3.42. The van der Waals surface area contributed by atoms with Crippen molar-refractivity contribution in [2.75, 3.05) is 23.9 Å². The number of carbonyl (C=O) groups is 2. The Bertz CT molecular complexity index is 813. The minimum absolute atomic E-state index is 0.0233. The van der Waals surface area contributed by atoms with E-state index in [1.54, 1.807) is 7.11 Å². The highest BCUT2D eigenvalue weighted by molar-refractivity contribution is 5.98. The highest BCUT2D eigenvalue weighted by atomic mass is 16.5. The van der Waals surface area contributed by atoms with Crippen LogP contribution in [0.25, 0.3) is 0 Å². The lowest BCUT2D eigenvalue weighted by Gasteiger charge is -2.19. The monoisotopic (exact) mass is 352 g/mol. The minimum atomic E-state index is -0.0665. The van der Waals surface area contributed by atoms with Gasteiger partial charge in [0.25, 0.3) is 0 Å². The average molecular weight is 352 g/mol. The van der Waals surface area contributed by atoms with Gasteiger partial charge in [0.05, 0.1) is 13.5 Å². The molecule has 1 N–H and O–H groups in total. The van der Waals surface area contributed by atoms with Crippen LogP contribution in [0.15, 0.2) is 42.5 Å². The molecular weight excluding hydrogens is 328 g/mol. The Labute approximate surface area is 154 Å². The smallest absolute Gasteiger partial charge is 0.229 e. The van der Waals surface area contributed by atoms with Crippen LogP contribution in [0.1, 0.15) is 25.0 Å². The van der Waals surface area contributed by atoms with Gasteiger partial charge in [0.2, 0.25) is 11.8 Å². The third-order valence-electron chi connectivity index (χ3n) is 4.54. The summed E-state index contributed by atoms with van der Waals surface area (Å²) in [6, 6.07) is 13.2. The van der Waals surface area contributed by atoms with Crippen LogP contribution in [-0.4, -0.2) is 25.5 Å². The van der Waals surface area contributed by atoms with Gasteiger partial charge in [0.15, 0.2) is 0 Å². The summed E-state index contributed by atoms with van der Waals surface area (Å²) in [6.45, 7) is 4.53. The summed E-state index contributed by atoms with van der Waals surface area (Å²) in [4.78, 5) is 26.4. The molecule has 0 saturated carbocycles. The number of nitrogens with zero attached hydrogens (tertiary/aromatic N) is 1. The lowest BCUT2D eigenvalue weighted by molar-refractivity contribution is -0.121. The molecule has 0 spiro atoms. The highest BCUT2D eigenvalue weighted by Gasteiger charge is 2.26. The van der Waals surface area contributed by atoms with Gasteiger partial charge in [0, 0.05) is 23.8 Å². The zero-order valence-electron chi connectivity index (χ0n) is 15.4. The first kappa shape index (κ1) is 18.0. The van der Waals surface area contributed by atoms with E-state index in [0.717, 1.165) is 34.7 Å². The number of hydrogen-bond acceptors (Lipinski definition) is 3. The largest absolute Gasteiger partial charge is 0.497 e. The number of ether oxygens (including phenoxy) is 1. The second kappa shape index (κ2) is 7.60. The minimum Gasteiger partial charge on any atom is -0.497 e. The van der Waals surface area contributed by atoms with Crippen molar-refractivity contribution >= 4 is 23.2 Å². The first-order valence-corrected chi connectivity index (χ1v) is 8.85. The van der Waals surface area contributed by atoms with E-state index in [-0.39, 0.29) is 17.7 Å². The highest BCUT2D eigenvalue weighted by Crippen LogP contribution is 2.31. The zero-order chi connectivity index (χ0) is 18.7. The molecule has 136 valence electrons. The molecule has 0 unspecified atom stereocenters. The number of rotatable bonds is 5. The number of fused-ring (bicyclic) bond motifs is 1. The van der Waals surface area contributed by atoms with Crippen molar-refractivity contribution in [1.82, 2.24) is 0 Å². The van der Waals surface area contributed by atoms with Gasteiger partial charge < -0.3 is 15.0 Å². The van der Waals surface area contributed by atoms with E-state index in [9.17, 15) is 9.59 Å². The summed E-state index contributed by atoms with van der Waals surface area (Å²) in [5.41, 5.74) is 3.75. The number of benzene rings is 2. The van der Waals surface area contributed by atoms with E-state index in [1.165, 1.54) is 0 Å². The number of methoxy groups -OCH3 is 1. The molecule has 5 nitrogen and oxygen atoms in total. The second-order valence-corrected chi connectivity index (χ2v) is 6.81. The molecule has 1 aliphatic heterocycles. The van der Waals surface area contributed by atoms with Crippen LogP contribution in [0, 0.1) is 5.92 Å². The van der Waals surface area contributed by atoms with Crippen molar-refractivity contribution in [2.45, 2.75) is 26.7 Å². The Hall–Kier alpha value is -2.82. The molecular formula is C21H24N2O3. The fourth-order valence-electron chi connectivity index (χ4n) is 3.15. The van der Waals surface area contributed by atoms with Gasteiger partial charge in [-0.05, 0) is 47.9 Å². The van der Waals surface area contributed by atoms with Crippen LogP contribution >= 0.6 is 0 Å². The fourth-order valence-corrected chi connectivity index (χ4v) is 3.15. The third-order valence-corrected chi connectivity index (χ3v) is 4.54. The van der Waals surface area contributed by atoms with Crippen LogP contribution in [0.3, 0.4) is 0 Å². The number of amides is 2. The van der Waals surface area contributed by atoms with Crippen molar-refractivity contribution in [1.29, 1.82) is 0 Å². The van der Waals surface area contributed by atoms with Crippen LogP contribution in [-0.2, 0) is 22.4 Å². The third kappa shape index (κ3) is 3.87. The summed E-state index contributed by atoms with van der Waals surface area (Å²) in [5.74, 6) is 0.821. The summed E-state index contributed by atoms with van der Waals surface area (Å²) in [6.07, 6.45) is 1.12. The first-order valence-electron chi connectivity index (χ1n) is 8.85. The van der Waals surface area contributed by atoms with Gasteiger partial charge in [-0.2, -0.15) is 0 Å². The maximum absolute atomic E-state index is 12.3. The van der Waals surface area contributed by atoms with Crippen LogP contribution < -0.4 is 15.0 Å². The quantitative estimate of drug-likeness (QED) is 0.897. The molecule has 26 heavy (non-hydrogen) atoms. The molecule has 0 radical (unpaired) electrons. The Morgan fingerprint density at radius 2 is 1.88 bits per heavy atom. The molecule has 0 bridgehead atoms. The van der Waals surface area contributed by atoms with Crippen molar-refractivity contribution in [2.24, 2.45) is 5.92 Å². The number of nitrogens with one attached hydrogen (secondary N) is 1. The van der Waals surface area contributed by atoms with Crippen LogP contribution in [0.2, 0.25) is 0 Å². The van der Waals surface area contributed by atoms with E-state index in [0.29, 0.717) is 13.0 Å². The van der Waals surface area contributed by atoms with E-state index >= 15 is 0 Å². The molecule has 5 heteroatoms. The molecule has 1 aliphatic rings. The molecule has 1 heterocycles. The van der Waals surface area contributed by atoms with Crippen LogP contribution in [0.4, 0.5) is 11.4 Å². The SMILES string of the molecule is COc1ccc(CC(=O)Nc2ccc3c(c2)CCN3C(=O)C(C)C)cc1. The summed E-state index contributed by atoms with van der Waals surface area (Å²) in [5, 5.41) is 2.94. The summed E-state index contributed by atoms with van der Waals surface area (Å²) < 4.78 is 5.12. The lowest BCUT2D eigenvalue weighted by Crippen LogP contribution is -2.32. The van der Waals surface area contributed by atoms with Gasteiger partial charge in [0.1, 0.15) is 5.75 Å². The number of hydrogen-bond donors (Lipinski definition) is 1. The van der Waals surface area contributed by atoms with Crippen LogP contribution in [0.5, 0.6) is 5.75 Å². The molecule has 0 atom stereocenters. The Balaban J connectivity index is 1.65. The van der Waals surface area contributed by atoms with Crippen molar-refractivity contribution < 1.29 is 14.3 Å². The Kier molecular flexibility index (Phi) is 5.26. The average Bonchev–Trinajstić information content (AvgIpc) is 3.04. The van der Waals surface area contributed by atoms with Gasteiger partial charge in [-0.3, -0.25) is 9.59 Å². The van der Waals surface area contributed by atoms with E-state index in [4.69, 9.17) is 4.74 Å². The normalized spacial score (nSPS) is 12.8. The number of anilines is 2. The molecule has 0 saturated heterocycles. The topological polar surface area (TPSA) is 58.6 Å². The Morgan fingerprint density at radius 3 is 2.54 bits per heavy atom. The number of carbonyl (C=O) groups excluding carboxylic acids is 2. The van der Waals surface area contributed by atoms with Crippen molar-refractivity contribution in [3.05, 3.63) is 53.6 Å². The second-order valence-electron chi connectivity index (χ2n) is 6.81. The van der Waals surface area contributed by atoms with E-state index in [2.05, 4.69) is 5.32 Å². The molecule has 3 rings (SSSR count). The van der Waals surface area contributed by atoms with Gasteiger partial charge in [-0.25, -0.2) is 0 Å². The van der Waals surface area contributed by atoms with Gasteiger partial charge >= 0.3 is 0 Å². The van der Waals surface area contributed by atoms with Crippen molar-refractivity contribution in [3.63, 3.8) is 0 Å². The molecule has 0 aliphatic carbocycles. The van der Waals surface area contributed by atoms with Crippen molar-refractivity contribution in [3.8, 4) is 5.75 Å². The molecule has 0 aromatic heterocycles. The molecule has 2 amide bonds. The molecule has 2 aromatic carbocycles. The predicted molar refractivity (Wildman–Crippen MR) is 103 cm³/mol. The lowest BCUT2D eigenvalue weighted by atomic mass is 10.1.